The van der Waals surface area contributed by atoms with Gasteiger partial charge in [0, 0.05) is 6.54 Å². The van der Waals surface area contributed by atoms with Crippen molar-refractivity contribution in [3.8, 4) is 5.75 Å². The lowest BCUT2D eigenvalue weighted by Crippen LogP contribution is -2.28. The first kappa shape index (κ1) is 18.3. The van der Waals surface area contributed by atoms with E-state index in [9.17, 15) is 18.3 Å². The van der Waals surface area contributed by atoms with Crippen molar-refractivity contribution in [2.24, 2.45) is 0 Å². The second-order valence-corrected chi connectivity index (χ2v) is 5.47. The van der Waals surface area contributed by atoms with E-state index in [1.807, 2.05) is 30.3 Å². The highest BCUT2D eigenvalue weighted by Crippen LogP contribution is 2.23. The fraction of sp³-hybridized carbons (Fsp3) is 0.333. The monoisotopic (exact) mass is 339 g/mol. The van der Waals surface area contributed by atoms with Crippen LogP contribution in [0.2, 0.25) is 0 Å². The number of alkyl halides is 3. The molecule has 0 aliphatic carbocycles. The Morgan fingerprint density at radius 2 is 1.71 bits per heavy atom. The van der Waals surface area contributed by atoms with Crippen LogP contribution in [0.5, 0.6) is 5.75 Å². The van der Waals surface area contributed by atoms with Gasteiger partial charge in [-0.2, -0.15) is 0 Å². The zero-order valence-corrected chi connectivity index (χ0v) is 13.1. The number of halogens is 3. The number of nitrogens with one attached hydrogen (secondary N) is 1. The molecule has 2 aromatic rings. The largest absolute Gasteiger partial charge is 0.573 e. The van der Waals surface area contributed by atoms with Gasteiger partial charge in [0.05, 0.1) is 0 Å². The molecule has 3 nitrogen and oxygen atoms in total. The van der Waals surface area contributed by atoms with Gasteiger partial charge in [-0.1, -0.05) is 42.5 Å². The minimum atomic E-state index is -4.71. The van der Waals surface area contributed by atoms with E-state index in [-0.39, 0.29) is 12.3 Å². The molecule has 0 bridgehead atoms. The molecule has 1 unspecified atom stereocenters. The Bertz CT molecular complexity index is 617. The summed E-state index contributed by atoms with van der Waals surface area (Å²) < 4.78 is 40.4. The second kappa shape index (κ2) is 8.70. The minimum absolute atomic E-state index is 0.264. The topological polar surface area (TPSA) is 41.5 Å². The van der Waals surface area contributed by atoms with Crippen molar-refractivity contribution in [3.05, 3.63) is 65.7 Å². The van der Waals surface area contributed by atoms with Crippen molar-refractivity contribution in [2.75, 3.05) is 0 Å². The first-order valence-corrected chi connectivity index (χ1v) is 7.72. The summed E-state index contributed by atoms with van der Waals surface area (Å²) in [6.07, 6.45) is -3.17. The van der Waals surface area contributed by atoms with Gasteiger partial charge in [-0.3, -0.25) is 5.32 Å². The van der Waals surface area contributed by atoms with Crippen LogP contribution in [0.15, 0.2) is 54.6 Å². The van der Waals surface area contributed by atoms with Crippen LogP contribution in [0.25, 0.3) is 0 Å². The van der Waals surface area contributed by atoms with E-state index in [1.54, 1.807) is 6.07 Å². The van der Waals surface area contributed by atoms with Gasteiger partial charge in [0.2, 0.25) is 0 Å². The van der Waals surface area contributed by atoms with Crippen LogP contribution in [0.3, 0.4) is 0 Å². The maximum Gasteiger partial charge on any atom is 0.573 e. The summed E-state index contributed by atoms with van der Waals surface area (Å²) in [5.41, 5.74) is 1.82. The van der Waals surface area contributed by atoms with Crippen LogP contribution in [0.4, 0.5) is 13.2 Å². The first-order chi connectivity index (χ1) is 11.4. The van der Waals surface area contributed by atoms with Gasteiger partial charge in [-0.25, -0.2) is 0 Å². The van der Waals surface area contributed by atoms with Crippen molar-refractivity contribution >= 4 is 0 Å². The average Bonchev–Trinajstić information content (AvgIpc) is 2.53. The molecular formula is C18H20F3NO2. The van der Waals surface area contributed by atoms with E-state index in [1.165, 1.54) is 23.8 Å². The molecule has 0 aromatic heterocycles. The van der Waals surface area contributed by atoms with Gasteiger partial charge < -0.3 is 9.84 Å². The maximum absolute atomic E-state index is 12.2. The molecule has 0 amide bonds. The van der Waals surface area contributed by atoms with Crippen LogP contribution < -0.4 is 10.1 Å². The molecule has 2 rings (SSSR count). The number of rotatable bonds is 8. The van der Waals surface area contributed by atoms with Crippen LogP contribution >= 0.6 is 0 Å². The normalized spacial score (nSPS) is 12.8. The predicted octanol–water partition coefficient (Wildman–Crippen LogP) is 4.02. The number of hydrogen-bond acceptors (Lipinski definition) is 3. The Balaban J connectivity index is 1.73. The predicted molar refractivity (Wildman–Crippen MR) is 85.4 cm³/mol. The summed E-state index contributed by atoms with van der Waals surface area (Å²) in [5, 5.41) is 12.8. The van der Waals surface area contributed by atoms with Gasteiger partial charge in [-0.15, -0.1) is 13.2 Å². The number of benzene rings is 2. The molecular weight excluding hydrogens is 319 g/mol. The summed E-state index contributed by atoms with van der Waals surface area (Å²) in [5.74, 6) is -0.264. The maximum atomic E-state index is 12.2. The molecule has 6 heteroatoms. The SMILES string of the molecule is OC(CCCc1ccccc1)NCc1cccc(OC(F)(F)F)c1. The van der Waals surface area contributed by atoms with Crippen LogP contribution in [-0.4, -0.2) is 17.7 Å². The first-order valence-electron chi connectivity index (χ1n) is 7.72. The summed E-state index contributed by atoms with van der Waals surface area (Å²) in [4.78, 5) is 0. The van der Waals surface area contributed by atoms with Gasteiger partial charge in [0.15, 0.2) is 0 Å². The molecule has 0 fully saturated rings. The van der Waals surface area contributed by atoms with Crippen molar-refractivity contribution < 1.29 is 23.0 Å². The second-order valence-electron chi connectivity index (χ2n) is 5.47. The zero-order valence-electron chi connectivity index (χ0n) is 13.1. The highest BCUT2D eigenvalue weighted by molar-refractivity contribution is 5.28. The highest BCUT2D eigenvalue weighted by Gasteiger charge is 2.31. The molecule has 1 atom stereocenters. The molecule has 0 saturated carbocycles. The molecule has 24 heavy (non-hydrogen) atoms. The molecule has 130 valence electrons. The fourth-order valence-corrected chi connectivity index (χ4v) is 2.33. The lowest BCUT2D eigenvalue weighted by Gasteiger charge is -2.14. The number of aliphatic hydroxyl groups is 1. The standard InChI is InChI=1S/C18H20F3NO2/c19-18(20,21)24-16-10-4-9-15(12-16)13-22-17(23)11-5-8-14-6-2-1-3-7-14/h1-4,6-7,9-10,12,17,22-23H,5,8,11,13H2. The van der Waals surface area contributed by atoms with Crippen LogP contribution in [0, 0.1) is 0 Å². The van der Waals surface area contributed by atoms with E-state index in [2.05, 4.69) is 10.1 Å². The summed E-state index contributed by atoms with van der Waals surface area (Å²) in [6, 6.07) is 15.7. The fourth-order valence-electron chi connectivity index (χ4n) is 2.33. The summed E-state index contributed by atoms with van der Waals surface area (Å²) >= 11 is 0. The molecule has 0 aliphatic heterocycles. The quantitative estimate of drug-likeness (QED) is 0.714. The van der Waals surface area contributed by atoms with E-state index in [0.29, 0.717) is 12.0 Å². The number of ether oxygens (including phenoxy) is 1. The van der Waals surface area contributed by atoms with Crippen molar-refractivity contribution in [2.45, 2.75) is 38.4 Å². The molecule has 2 N–H and O–H groups in total. The van der Waals surface area contributed by atoms with E-state index in [0.717, 1.165) is 12.8 Å². The third-order valence-corrected chi connectivity index (χ3v) is 3.46. The van der Waals surface area contributed by atoms with E-state index >= 15 is 0 Å². The Hall–Kier alpha value is -2.05. The lowest BCUT2D eigenvalue weighted by atomic mass is 10.1. The summed E-state index contributed by atoms with van der Waals surface area (Å²) in [7, 11) is 0. The molecule has 0 radical (unpaired) electrons. The summed E-state index contributed by atoms with van der Waals surface area (Å²) in [6.45, 7) is 0.265. The molecule has 0 spiro atoms. The van der Waals surface area contributed by atoms with E-state index in [4.69, 9.17) is 0 Å². The van der Waals surface area contributed by atoms with Gasteiger partial charge >= 0.3 is 6.36 Å². The number of aryl methyl sites for hydroxylation is 1. The molecule has 0 aliphatic rings. The Morgan fingerprint density at radius 3 is 2.42 bits per heavy atom. The van der Waals surface area contributed by atoms with Gasteiger partial charge in [-0.05, 0) is 42.5 Å². The van der Waals surface area contributed by atoms with E-state index < -0.39 is 12.6 Å². The highest BCUT2D eigenvalue weighted by atomic mass is 19.4. The average molecular weight is 339 g/mol. The third-order valence-electron chi connectivity index (χ3n) is 3.46. The third kappa shape index (κ3) is 7.02. The van der Waals surface area contributed by atoms with Crippen LogP contribution in [-0.2, 0) is 13.0 Å². The van der Waals surface area contributed by atoms with Gasteiger partial charge in [0.25, 0.3) is 0 Å². The minimum Gasteiger partial charge on any atom is -0.406 e. The number of aliphatic hydroxyl groups excluding tert-OH is 1. The Kier molecular flexibility index (Phi) is 6.63. The molecule has 0 heterocycles. The number of hydrogen-bond donors (Lipinski definition) is 2. The molecule has 0 saturated heterocycles. The van der Waals surface area contributed by atoms with Crippen molar-refractivity contribution in [1.82, 2.24) is 5.32 Å². The Labute approximate surface area is 139 Å². The van der Waals surface area contributed by atoms with Crippen LogP contribution in [0.1, 0.15) is 24.0 Å². The van der Waals surface area contributed by atoms with Crippen molar-refractivity contribution in [3.63, 3.8) is 0 Å². The smallest absolute Gasteiger partial charge is 0.406 e. The van der Waals surface area contributed by atoms with Gasteiger partial charge in [0.1, 0.15) is 12.0 Å². The van der Waals surface area contributed by atoms with Crippen molar-refractivity contribution in [1.29, 1.82) is 0 Å². The lowest BCUT2D eigenvalue weighted by molar-refractivity contribution is -0.274. The Morgan fingerprint density at radius 1 is 1.00 bits per heavy atom. The zero-order chi connectivity index (χ0) is 17.4. The molecule has 2 aromatic carbocycles.